The smallest absolute Gasteiger partial charge is 0.127 e. The van der Waals surface area contributed by atoms with E-state index in [0.717, 1.165) is 15.1 Å². The summed E-state index contributed by atoms with van der Waals surface area (Å²) in [6, 6.07) is 12.6. The van der Waals surface area contributed by atoms with Gasteiger partial charge in [-0.05, 0) is 30.8 Å². The first-order valence-electron chi connectivity index (χ1n) is 5.92. The van der Waals surface area contributed by atoms with Gasteiger partial charge in [0.1, 0.15) is 5.82 Å². The summed E-state index contributed by atoms with van der Waals surface area (Å²) in [5.41, 5.74) is 1.72. The van der Waals surface area contributed by atoms with Crippen LogP contribution in [0.5, 0.6) is 0 Å². The van der Waals surface area contributed by atoms with Crippen LogP contribution in [0.15, 0.2) is 46.9 Å². The lowest BCUT2D eigenvalue weighted by atomic mass is 10.1. The van der Waals surface area contributed by atoms with E-state index < -0.39 is 0 Å². The van der Waals surface area contributed by atoms with Crippen molar-refractivity contribution in [3.05, 3.63) is 68.9 Å². The fourth-order valence-corrected chi connectivity index (χ4v) is 2.65. The van der Waals surface area contributed by atoms with E-state index in [1.807, 2.05) is 36.2 Å². The van der Waals surface area contributed by atoms with Crippen LogP contribution in [0.25, 0.3) is 0 Å². The first-order chi connectivity index (χ1) is 9.06. The molecule has 2 aromatic rings. The highest BCUT2D eigenvalue weighted by Crippen LogP contribution is 2.23. The molecule has 0 aromatic heterocycles. The monoisotopic (exact) mass is 341 g/mol. The normalized spacial score (nSPS) is 11.0. The summed E-state index contributed by atoms with van der Waals surface area (Å²) in [5, 5.41) is 0.717. The lowest BCUT2D eigenvalue weighted by Crippen LogP contribution is -2.18. The average molecular weight is 343 g/mol. The molecule has 0 unspecified atom stereocenters. The average Bonchev–Trinajstić information content (AvgIpc) is 2.36. The molecule has 100 valence electrons. The maximum atomic E-state index is 13.6. The maximum absolute atomic E-state index is 13.6. The minimum atomic E-state index is -0.170. The number of hydrogen-bond acceptors (Lipinski definition) is 1. The highest BCUT2D eigenvalue weighted by molar-refractivity contribution is 9.10. The number of nitrogens with zero attached hydrogens (tertiary/aromatic N) is 1. The maximum Gasteiger partial charge on any atom is 0.127 e. The molecule has 0 spiro atoms. The molecule has 0 bridgehead atoms. The van der Waals surface area contributed by atoms with Gasteiger partial charge in [0.05, 0.1) is 0 Å². The molecule has 2 aromatic carbocycles. The third kappa shape index (κ3) is 4.03. The van der Waals surface area contributed by atoms with Gasteiger partial charge >= 0.3 is 0 Å². The molecule has 2 rings (SSSR count). The summed E-state index contributed by atoms with van der Waals surface area (Å²) in [4.78, 5) is 2.04. The molecule has 1 nitrogen and oxygen atoms in total. The van der Waals surface area contributed by atoms with Crippen LogP contribution in [0.4, 0.5) is 4.39 Å². The van der Waals surface area contributed by atoms with Crippen molar-refractivity contribution in [2.24, 2.45) is 0 Å². The first-order valence-corrected chi connectivity index (χ1v) is 7.09. The van der Waals surface area contributed by atoms with Crippen LogP contribution in [-0.4, -0.2) is 11.9 Å². The van der Waals surface area contributed by atoms with E-state index in [9.17, 15) is 4.39 Å². The second-order valence-corrected chi connectivity index (χ2v) is 5.82. The van der Waals surface area contributed by atoms with E-state index in [4.69, 9.17) is 11.6 Å². The van der Waals surface area contributed by atoms with Gasteiger partial charge in [-0.25, -0.2) is 4.39 Å². The Morgan fingerprint density at radius 3 is 2.47 bits per heavy atom. The summed E-state index contributed by atoms with van der Waals surface area (Å²) in [7, 11) is 1.95. The molecule has 19 heavy (non-hydrogen) atoms. The summed E-state index contributed by atoms with van der Waals surface area (Å²) < 4.78 is 14.5. The molecule has 0 aliphatic heterocycles. The predicted octanol–water partition coefficient (Wildman–Crippen LogP) is 4.87. The molecule has 0 atom stereocenters. The summed E-state index contributed by atoms with van der Waals surface area (Å²) in [6.45, 7) is 1.24. The van der Waals surface area contributed by atoms with Gasteiger partial charge < -0.3 is 0 Å². The molecule has 0 N–H and O–H groups in total. The standard InChI is InChI=1S/C15H14BrClFN/c1-19(10-12-4-2-3-5-15(12)18)9-11-6-7-13(16)8-14(11)17/h2-8H,9-10H2,1H3. The van der Waals surface area contributed by atoms with Crippen LogP contribution in [0.2, 0.25) is 5.02 Å². The Morgan fingerprint density at radius 1 is 1.11 bits per heavy atom. The number of benzene rings is 2. The Hall–Kier alpha value is -0.900. The lowest BCUT2D eigenvalue weighted by molar-refractivity contribution is 0.313. The van der Waals surface area contributed by atoms with E-state index in [-0.39, 0.29) is 5.82 Å². The van der Waals surface area contributed by atoms with E-state index >= 15 is 0 Å². The topological polar surface area (TPSA) is 3.24 Å². The Balaban J connectivity index is 2.05. The molecule has 0 saturated heterocycles. The van der Waals surface area contributed by atoms with Crippen LogP contribution < -0.4 is 0 Å². The van der Waals surface area contributed by atoms with E-state index in [2.05, 4.69) is 15.9 Å². The van der Waals surface area contributed by atoms with Crippen LogP contribution in [0.1, 0.15) is 11.1 Å². The largest absolute Gasteiger partial charge is 0.298 e. The van der Waals surface area contributed by atoms with Gasteiger partial charge in [0.2, 0.25) is 0 Å². The molecule has 0 heterocycles. The SMILES string of the molecule is CN(Cc1ccccc1F)Cc1ccc(Br)cc1Cl. The molecule has 4 heteroatoms. The number of halogens is 3. The fraction of sp³-hybridized carbons (Fsp3) is 0.200. The van der Waals surface area contributed by atoms with Gasteiger partial charge in [-0.15, -0.1) is 0 Å². The van der Waals surface area contributed by atoms with E-state index in [1.165, 1.54) is 6.07 Å². The van der Waals surface area contributed by atoms with Gasteiger partial charge in [-0.1, -0.05) is 51.8 Å². The Bertz CT molecular complexity index is 574. The zero-order chi connectivity index (χ0) is 13.8. The minimum absolute atomic E-state index is 0.170. The van der Waals surface area contributed by atoms with Crippen LogP contribution >= 0.6 is 27.5 Å². The van der Waals surface area contributed by atoms with E-state index in [1.54, 1.807) is 12.1 Å². The highest BCUT2D eigenvalue weighted by Gasteiger charge is 2.08. The quantitative estimate of drug-likeness (QED) is 0.766. The van der Waals surface area contributed by atoms with Crippen molar-refractivity contribution in [2.45, 2.75) is 13.1 Å². The van der Waals surface area contributed by atoms with Crippen molar-refractivity contribution in [1.82, 2.24) is 4.90 Å². The van der Waals surface area contributed by atoms with Gasteiger partial charge in [0.15, 0.2) is 0 Å². The predicted molar refractivity (Wildman–Crippen MR) is 80.7 cm³/mol. The molecule has 0 aliphatic carbocycles. The highest BCUT2D eigenvalue weighted by atomic mass is 79.9. The van der Waals surface area contributed by atoms with E-state index in [0.29, 0.717) is 18.7 Å². The Morgan fingerprint density at radius 2 is 1.79 bits per heavy atom. The van der Waals surface area contributed by atoms with Crippen molar-refractivity contribution in [1.29, 1.82) is 0 Å². The van der Waals surface area contributed by atoms with Gasteiger partial charge in [0, 0.05) is 28.1 Å². The van der Waals surface area contributed by atoms with Crippen molar-refractivity contribution < 1.29 is 4.39 Å². The molecule has 0 amide bonds. The molecule has 0 radical (unpaired) electrons. The summed E-state index contributed by atoms with van der Waals surface area (Å²) in [6.07, 6.45) is 0. The van der Waals surface area contributed by atoms with Gasteiger partial charge in [-0.2, -0.15) is 0 Å². The summed E-state index contributed by atoms with van der Waals surface area (Å²) in [5.74, 6) is -0.170. The van der Waals surface area contributed by atoms with Crippen LogP contribution in [0.3, 0.4) is 0 Å². The zero-order valence-corrected chi connectivity index (χ0v) is 12.9. The van der Waals surface area contributed by atoms with Crippen molar-refractivity contribution in [3.63, 3.8) is 0 Å². The van der Waals surface area contributed by atoms with Gasteiger partial charge in [0.25, 0.3) is 0 Å². The fourth-order valence-electron chi connectivity index (χ4n) is 1.91. The third-order valence-corrected chi connectivity index (χ3v) is 3.70. The van der Waals surface area contributed by atoms with Crippen molar-refractivity contribution in [3.8, 4) is 0 Å². The second-order valence-electron chi connectivity index (χ2n) is 4.50. The molecular formula is C15H14BrClFN. The molecular weight excluding hydrogens is 329 g/mol. The summed E-state index contributed by atoms with van der Waals surface area (Å²) >= 11 is 9.56. The Labute approximate surface area is 126 Å². The molecule has 0 aliphatic rings. The zero-order valence-electron chi connectivity index (χ0n) is 10.5. The number of rotatable bonds is 4. The number of hydrogen-bond donors (Lipinski definition) is 0. The van der Waals surface area contributed by atoms with Crippen molar-refractivity contribution in [2.75, 3.05) is 7.05 Å². The lowest BCUT2D eigenvalue weighted by Gasteiger charge is -2.18. The third-order valence-electron chi connectivity index (χ3n) is 2.85. The van der Waals surface area contributed by atoms with Crippen LogP contribution in [0, 0.1) is 5.82 Å². The van der Waals surface area contributed by atoms with Gasteiger partial charge in [-0.3, -0.25) is 4.90 Å². The Kier molecular flexibility index (Phi) is 4.97. The van der Waals surface area contributed by atoms with Crippen LogP contribution in [-0.2, 0) is 13.1 Å². The van der Waals surface area contributed by atoms with Crippen molar-refractivity contribution >= 4 is 27.5 Å². The second kappa shape index (κ2) is 6.51. The molecule has 0 saturated carbocycles. The molecule has 0 fully saturated rings. The first kappa shape index (κ1) is 14.5. The minimum Gasteiger partial charge on any atom is -0.298 e.